The molecule has 0 aromatic heterocycles. The zero-order valence-corrected chi connectivity index (χ0v) is 17.4. The molecule has 0 radical (unpaired) electrons. The maximum Gasteiger partial charge on any atom is 0.282 e. The van der Waals surface area contributed by atoms with Gasteiger partial charge in [-0.25, -0.2) is 0 Å². The van der Waals surface area contributed by atoms with E-state index < -0.39 is 0 Å². The zero-order valence-electron chi connectivity index (χ0n) is 17.4. The summed E-state index contributed by atoms with van der Waals surface area (Å²) < 4.78 is 5.51. The van der Waals surface area contributed by atoms with Gasteiger partial charge in [0.2, 0.25) is 0 Å². The fraction of sp³-hybridized carbons (Fsp3) is 0.391. The van der Waals surface area contributed by atoms with Crippen LogP contribution in [0.15, 0.2) is 42.5 Å². The van der Waals surface area contributed by atoms with E-state index in [0.717, 1.165) is 38.5 Å². The molecule has 1 atom stereocenters. The van der Waals surface area contributed by atoms with Crippen molar-refractivity contribution >= 4 is 11.6 Å². The number of hydrogen-bond acceptors (Lipinski definition) is 3. The smallest absolute Gasteiger partial charge is 0.282 e. The van der Waals surface area contributed by atoms with Gasteiger partial charge in [-0.1, -0.05) is 23.8 Å². The molecule has 0 saturated carbocycles. The SMILES string of the molecule is COc1ccc(C)cc1C[NH+]1CC[NH+]([C@@H](C)C(=O)Nc2ccccc2C#N)CC1. The Bertz CT molecular complexity index is 898. The molecule has 1 fully saturated rings. The van der Waals surface area contributed by atoms with Crippen molar-refractivity contribution in [2.45, 2.75) is 26.4 Å². The molecular formula is C23H30N4O2+2. The van der Waals surface area contributed by atoms with E-state index in [1.165, 1.54) is 20.9 Å². The van der Waals surface area contributed by atoms with Crippen LogP contribution in [-0.2, 0) is 11.3 Å². The summed E-state index contributed by atoms with van der Waals surface area (Å²) in [7, 11) is 1.72. The van der Waals surface area contributed by atoms with Crippen LogP contribution >= 0.6 is 0 Å². The molecule has 2 aromatic rings. The molecule has 1 heterocycles. The van der Waals surface area contributed by atoms with Crippen LogP contribution in [0.2, 0.25) is 0 Å². The average molecular weight is 395 g/mol. The summed E-state index contributed by atoms with van der Waals surface area (Å²) in [5.74, 6) is 0.910. The third-order valence-electron chi connectivity index (χ3n) is 5.79. The van der Waals surface area contributed by atoms with Crippen molar-refractivity contribution in [2.24, 2.45) is 0 Å². The molecule has 0 spiro atoms. The number of quaternary nitrogens is 2. The Morgan fingerprint density at radius 3 is 2.62 bits per heavy atom. The van der Waals surface area contributed by atoms with E-state index in [-0.39, 0.29) is 11.9 Å². The van der Waals surface area contributed by atoms with Crippen molar-refractivity contribution in [3.63, 3.8) is 0 Å². The van der Waals surface area contributed by atoms with Crippen LogP contribution in [0.4, 0.5) is 5.69 Å². The van der Waals surface area contributed by atoms with E-state index in [1.807, 2.05) is 19.1 Å². The number of nitrogens with one attached hydrogen (secondary N) is 3. The largest absolute Gasteiger partial charge is 0.496 e. The highest BCUT2D eigenvalue weighted by Gasteiger charge is 2.31. The zero-order chi connectivity index (χ0) is 20.8. The van der Waals surface area contributed by atoms with Gasteiger partial charge in [-0.3, -0.25) is 4.79 Å². The molecule has 1 saturated heterocycles. The second-order valence-corrected chi connectivity index (χ2v) is 7.77. The summed E-state index contributed by atoms with van der Waals surface area (Å²) >= 11 is 0. The lowest BCUT2D eigenvalue weighted by molar-refractivity contribution is -1.02. The van der Waals surface area contributed by atoms with Gasteiger partial charge in [-0.2, -0.15) is 5.26 Å². The third kappa shape index (κ3) is 5.14. The van der Waals surface area contributed by atoms with E-state index in [2.05, 4.69) is 30.4 Å². The summed E-state index contributed by atoms with van der Waals surface area (Å²) in [6.07, 6.45) is 0. The molecule has 6 heteroatoms. The number of nitriles is 1. The molecule has 0 unspecified atom stereocenters. The molecular weight excluding hydrogens is 364 g/mol. The van der Waals surface area contributed by atoms with Crippen molar-refractivity contribution in [3.8, 4) is 11.8 Å². The molecule has 6 nitrogen and oxygen atoms in total. The lowest BCUT2D eigenvalue weighted by Gasteiger charge is -2.32. The average Bonchev–Trinajstić information content (AvgIpc) is 2.74. The van der Waals surface area contributed by atoms with Gasteiger partial charge in [-0.15, -0.1) is 0 Å². The molecule has 0 bridgehead atoms. The van der Waals surface area contributed by atoms with E-state index >= 15 is 0 Å². The number of ether oxygens (including phenoxy) is 1. The van der Waals surface area contributed by atoms with Gasteiger partial charge in [0.25, 0.3) is 5.91 Å². The van der Waals surface area contributed by atoms with Gasteiger partial charge in [0.05, 0.1) is 18.4 Å². The van der Waals surface area contributed by atoms with Crippen molar-refractivity contribution in [1.29, 1.82) is 5.26 Å². The minimum absolute atomic E-state index is 0.0356. The van der Waals surface area contributed by atoms with Gasteiger partial charge in [0.1, 0.15) is 44.5 Å². The molecule has 3 N–H and O–H groups in total. The number of aryl methyl sites for hydroxylation is 1. The maximum atomic E-state index is 12.7. The van der Waals surface area contributed by atoms with Crippen LogP contribution in [-0.4, -0.2) is 45.2 Å². The number of nitrogens with zero attached hydrogens (tertiary/aromatic N) is 1. The number of anilines is 1. The van der Waals surface area contributed by atoms with Crippen molar-refractivity contribution in [2.75, 3.05) is 38.6 Å². The highest BCUT2D eigenvalue weighted by Crippen LogP contribution is 2.18. The number of piperazine rings is 1. The number of hydrogen-bond donors (Lipinski definition) is 3. The molecule has 3 rings (SSSR count). The summed E-state index contributed by atoms with van der Waals surface area (Å²) in [6.45, 7) is 8.92. The fourth-order valence-electron chi connectivity index (χ4n) is 3.97. The predicted octanol–water partition coefficient (Wildman–Crippen LogP) is 0.186. The van der Waals surface area contributed by atoms with Crippen LogP contribution in [0.5, 0.6) is 5.75 Å². The molecule has 152 valence electrons. The van der Waals surface area contributed by atoms with Crippen molar-refractivity contribution in [3.05, 3.63) is 59.2 Å². The van der Waals surface area contributed by atoms with Crippen LogP contribution in [0, 0.1) is 18.3 Å². The number of amides is 1. The summed E-state index contributed by atoms with van der Waals surface area (Å²) in [5.41, 5.74) is 3.56. The minimum atomic E-state index is -0.156. The number of rotatable bonds is 6. The van der Waals surface area contributed by atoms with E-state index in [1.54, 1.807) is 25.3 Å². The van der Waals surface area contributed by atoms with Gasteiger partial charge in [-0.05, 0) is 38.1 Å². The molecule has 2 aromatic carbocycles. The second-order valence-electron chi connectivity index (χ2n) is 7.77. The first kappa shape index (κ1) is 20.8. The Morgan fingerprint density at radius 1 is 1.21 bits per heavy atom. The number of carbonyl (C=O) groups is 1. The van der Waals surface area contributed by atoms with Gasteiger partial charge >= 0.3 is 0 Å². The minimum Gasteiger partial charge on any atom is -0.496 e. The Kier molecular flexibility index (Phi) is 6.86. The standard InChI is InChI=1S/C23H28N4O2/c1-17-8-9-22(29-3)20(14-17)16-26-10-12-27(13-11-26)18(2)23(28)25-21-7-5-4-6-19(21)15-24/h4-9,14,18H,10-13,16H2,1-3H3,(H,25,28)/p+2/t18-/m0/s1. The van der Waals surface area contributed by atoms with Gasteiger partial charge < -0.3 is 19.9 Å². The van der Waals surface area contributed by atoms with Gasteiger partial charge in [0.15, 0.2) is 6.04 Å². The Hall–Kier alpha value is -2.88. The van der Waals surface area contributed by atoms with E-state index in [4.69, 9.17) is 4.74 Å². The van der Waals surface area contributed by atoms with Crippen LogP contribution in [0.1, 0.15) is 23.6 Å². The molecule has 1 amide bonds. The highest BCUT2D eigenvalue weighted by atomic mass is 16.5. The second kappa shape index (κ2) is 9.55. The molecule has 0 aliphatic carbocycles. The van der Waals surface area contributed by atoms with E-state index in [0.29, 0.717) is 11.3 Å². The van der Waals surface area contributed by atoms with Crippen molar-refractivity contribution < 1.29 is 19.3 Å². The Balaban J connectivity index is 1.55. The Labute approximate surface area is 172 Å². The quantitative estimate of drug-likeness (QED) is 0.655. The highest BCUT2D eigenvalue weighted by molar-refractivity contribution is 5.94. The molecule has 1 aliphatic heterocycles. The van der Waals surface area contributed by atoms with Crippen LogP contribution in [0.3, 0.4) is 0 Å². The lowest BCUT2D eigenvalue weighted by Crippen LogP contribution is -3.29. The number of carbonyl (C=O) groups excluding carboxylic acids is 1. The number of para-hydroxylation sites is 1. The van der Waals surface area contributed by atoms with Crippen LogP contribution in [0.25, 0.3) is 0 Å². The van der Waals surface area contributed by atoms with Gasteiger partial charge in [0, 0.05) is 5.56 Å². The van der Waals surface area contributed by atoms with Crippen LogP contribution < -0.4 is 19.9 Å². The first-order valence-corrected chi connectivity index (χ1v) is 10.1. The lowest BCUT2D eigenvalue weighted by atomic mass is 10.1. The molecule has 1 aliphatic rings. The number of benzene rings is 2. The monoisotopic (exact) mass is 394 g/mol. The predicted molar refractivity (Wildman–Crippen MR) is 112 cm³/mol. The van der Waals surface area contributed by atoms with E-state index in [9.17, 15) is 10.1 Å². The number of methoxy groups -OCH3 is 1. The third-order valence-corrected chi connectivity index (χ3v) is 5.79. The van der Waals surface area contributed by atoms with Crippen molar-refractivity contribution in [1.82, 2.24) is 0 Å². The Morgan fingerprint density at radius 2 is 1.93 bits per heavy atom. The topological polar surface area (TPSA) is 71.0 Å². The summed E-state index contributed by atoms with van der Waals surface area (Å²) in [6, 6.07) is 15.4. The maximum absolute atomic E-state index is 12.7. The normalized spacial score (nSPS) is 19.8. The first-order chi connectivity index (χ1) is 14.0. The summed E-state index contributed by atoms with van der Waals surface area (Å²) in [4.78, 5) is 15.5. The first-order valence-electron chi connectivity index (χ1n) is 10.1. The molecule has 29 heavy (non-hydrogen) atoms. The fourth-order valence-corrected chi connectivity index (χ4v) is 3.97. The summed E-state index contributed by atoms with van der Waals surface area (Å²) in [5, 5.41) is 12.1.